The Hall–Kier alpha value is -0.490. The SMILES string of the molecule is CC(C)(O)OC1C[C@@H](C=O)ON1. The molecule has 1 rings (SSSR count). The third-order valence-electron chi connectivity index (χ3n) is 1.38. The summed E-state index contributed by atoms with van der Waals surface area (Å²) >= 11 is 0. The van der Waals surface area contributed by atoms with Crippen molar-refractivity contribution in [3.8, 4) is 0 Å². The molecule has 1 unspecified atom stereocenters. The molecule has 1 heterocycles. The lowest BCUT2D eigenvalue weighted by molar-refractivity contribution is -0.218. The summed E-state index contributed by atoms with van der Waals surface area (Å²) in [4.78, 5) is 15.0. The molecule has 70 valence electrons. The number of carbonyl (C=O) groups excluding carboxylic acids is 1. The van der Waals surface area contributed by atoms with Crippen LogP contribution in [0.3, 0.4) is 0 Å². The van der Waals surface area contributed by atoms with E-state index in [1.807, 2.05) is 0 Å². The van der Waals surface area contributed by atoms with Gasteiger partial charge in [0.25, 0.3) is 0 Å². The molecule has 5 heteroatoms. The van der Waals surface area contributed by atoms with Gasteiger partial charge in [0.1, 0.15) is 12.3 Å². The Labute approximate surface area is 70.6 Å². The number of rotatable bonds is 3. The number of hydroxylamine groups is 1. The number of hydrogen-bond donors (Lipinski definition) is 2. The minimum Gasteiger partial charge on any atom is -0.366 e. The molecule has 0 amide bonds. The Morgan fingerprint density at radius 2 is 2.42 bits per heavy atom. The molecule has 0 aromatic heterocycles. The lowest BCUT2D eigenvalue weighted by Gasteiger charge is -2.21. The van der Waals surface area contributed by atoms with Gasteiger partial charge in [-0.05, 0) is 13.8 Å². The Kier molecular flexibility index (Phi) is 2.79. The molecule has 0 spiro atoms. The third-order valence-corrected chi connectivity index (χ3v) is 1.38. The Morgan fingerprint density at radius 3 is 2.83 bits per heavy atom. The first-order valence-electron chi connectivity index (χ1n) is 3.78. The van der Waals surface area contributed by atoms with Gasteiger partial charge in [-0.2, -0.15) is 5.48 Å². The number of carbonyl (C=O) groups is 1. The van der Waals surface area contributed by atoms with Crippen molar-refractivity contribution in [3.05, 3.63) is 0 Å². The molecule has 0 aromatic carbocycles. The monoisotopic (exact) mass is 175 g/mol. The van der Waals surface area contributed by atoms with Gasteiger partial charge in [-0.15, -0.1) is 0 Å². The molecule has 0 aliphatic carbocycles. The summed E-state index contributed by atoms with van der Waals surface area (Å²) in [7, 11) is 0. The number of aldehydes is 1. The third kappa shape index (κ3) is 2.86. The molecule has 0 saturated carbocycles. The van der Waals surface area contributed by atoms with Crippen LogP contribution in [0.15, 0.2) is 0 Å². The number of nitrogens with one attached hydrogen (secondary N) is 1. The Balaban J connectivity index is 2.33. The highest BCUT2D eigenvalue weighted by Crippen LogP contribution is 2.15. The molecule has 1 aliphatic rings. The van der Waals surface area contributed by atoms with Gasteiger partial charge >= 0.3 is 0 Å². The minimum atomic E-state index is -1.21. The van der Waals surface area contributed by atoms with Crippen LogP contribution in [0.25, 0.3) is 0 Å². The van der Waals surface area contributed by atoms with E-state index in [4.69, 9.17) is 9.57 Å². The van der Waals surface area contributed by atoms with E-state index in [0.29, 0.717) is 12.7 Å². The fraction of sp³-hybridized carbons (Fsp3) is 0.857. The van der Waals surface area contributed by atoms with Crippen LogP contribution in [0.2, 0.25) is 0 Å². The number of hydrogen-bond acceptors (Lipinski definition) is 5. The van der Waals surface area contributed by atoms with Crippen molar-refractivity contribution < 1.29 is 19.5 Å². The maximum atomic E-state index is 10.2. The van der Waals surface area contributed by atoms with Crippen LogP contribution >= 0.6 is 0 Å². The smallest absolute Gasteiger partial charge is 0.161 e. The molecule has 0 aromatic rings. The average molecular weight is 175 g/mol. The molecule has 0 bridgehead atoms. The lowest BCUT2D eigenvalue weighted by atomic mass is 10.2. The quantitative estimate of drug-likeness (QED) is 0.449. The average Bonchev–Trinajstić information content (AvgIpc) is 2.32. The van der Waals surface area contributed by atoms with Crippen LogP contribution in [0.1, 0.15) is 20.3 Å². The van der Waals surface area contributed by atoms with Crippen molar-refractivity contribution in [1.29, 1.82) is 0 Å². The van der Waals surface area contributed by atoms with E-state index < -0.39 is 18.1 Å². The van der Waals surface area contributed by atoms with Gasteiger partial charge in [0.15, 0.2) is 12.1 Å². The molecular weight excluding hydrogens is 162 g/mol. The molecule has 2 N–H and O–H groups in total. The van der Waals surface area contributed by atoms with Crippen molar-refractivity contribution in [2.45, 2.75) is 38.4 Å². The van der Waals surface area contributed by atoms with E-state index in [1.165, 1.54) is 13.8 Å². The summed E-state index contributed by atoms with van der Waals surface area (Å²) < 4.78 is 5.09. The highest BCUT2D eigenvalue weighted by Gasteiger charge is 2.29. The van der Waals surface area contributed by atoms with E-state index in [2.05, 4.69) is 5.48 Å². The zero-order valence-electron chi connectivity index (χ0n) is 7.11. The summed E-state index contributed by atoms with van der Waals surface area (Å²) in [6.45, 7) is 3.03. The van der Waals surface area contributed by atoms with Crippen molar-refractivity contribution in [3.63, 3.8) is 0 Å². The standard InChI is InChI=1S/C7H13NO4/c1-7(2,10)11-6-3-5(4-9)12-8-6/h4-6,8,10H,3H2,1-2H3/t5-,6?/m0/s1. The first-order chi connectivity index (χ1) is 5.51. The Morgan fingerprint density at radius 1 is 1.75 bits per heavy atom. The molecule has 1 fully saturated rings. The molecule has 12 heavy (non-hydrogen) atoms. The molecule has 2 atom stereocenters. The molecule has 1 aliphatic heterocycles. The molecule has 0 radical (unpaired) electrons. The van der Waals surface area contributed by atoms with Crippen LogP contribution in [-0.2, 0) is 14.4 Å². The maximum absolute atomic E-state index is 10.2. The van der Waals surface area contributed by atoms with Gasteiger partial charge in [-0.3, -0.25) is 4.84 Å². The summed E-state index contributed by atoms with van der Waals surface area (Å²) in [5.74, 6) is -1.21. The van der Waals surface area contributed by atoms with Gasteiger partial charge < -0.3 is 14.6 Å². The Bertz CT molecular complexity index is 165. The van der Waals surface area contributed by atoms with E-state index in [1.54, 1.807) is 0 Å². The fourth-order valence-electron chi connectivity index (χ4n) is 0.974. The fourth-order valence-corrected chi connectivity index (χ4v) is 0.974. The second-order valence-corrected chi connectivity index (χ2v) is 3.20. The summed E-state index contributed by atoms with van der Waals surface area (Å²) in [5, 5.41) is 9.23. The second-order valence-electron chi connectivity index (χ2n) is 3.20. The lowest BCUT2D eigenvalue weighted by Crippen LogP contribution is -2.35. The van der Waals surface area contributed by atoms with Crippen molar-refractivity contribution >= 4 is 6.29 Å². The van der Waals surface area contributed by atoms with E-state index in [0.717, 1.165) is 0 Å². The van der Waals surface area contributed by atoms with Crippen LogP contribution in [0.4, 0.5) is 0 Å². The van der Waals surface area contributed by atoms with E-state index in [9.17, 15) is 9.90 Å². The van der Waals surface area contributed by atoms with E-state index >= 15 is 0 Å². The van der Waals surface area contributed by atoms with Crippen LogP contribution < -0.4 is 5.48 Å². The molecule has 1 saturated heterocycles. The van der Waals surface area contributed by atoms with Gasteiger partial charge in [0.05, 0.1) is 0 Å². The molecular formula is C7H13NO4. The summed E-state index contributed by atoms with van der Waals surface area (Å²) in [6, 6.07) is 0. The normalized spacial score (nSPS) is 30.6. The number of ether oxygens (including phenoxy) is 1. The van der Waals surface area contributed by atoms with Gasteiger partial charge in [0, 0.05) is 6.42 Å². The maximum Gasteiger partial charge on any atom is 0.161 e. The van der Waals surface area contributed by atoms with Crippen molar-refractivity contribution in [2.75, 3.05) is 0 Å². The summed E-state index contributed by atoms with van der Waals surface area (Å²) in [5.41, 5.74) is 2.50. The van der Waals surface area contributed by atoms with E-state index in [-0.39, 0.29) is 0 Å². The summed E-state index contributed by atoms with van der Waals surface area (Å²) in [6.07, 6.45) is 0.228. The van der Waals surface area contributed by atoms with Crippen LogP contribution in [0.5, 0.6) is 0 Å². The first-order valence-corrected chi connectivity index (χ1v) is 3.78. The van der Waals surface area contributed by atoms with Gasteiger partial charge in [-0.1, -0.05) is 0 Å². The van der Waals surface area contributed by atoms with Crippen molar-refractivity contribution in [1.82, 2.24) is 5.48 Å². The first kappa shape index (κ1) is 9.60. The predicted molar refractivity (Wildman–Crippen MR) is 39.9 cm³/mol. The zero-order chi connectivity index (χ0) is 9.19. The second kappa shape index (κ2) is 3.49. The number of aliphatic hydroxyl groups is 1. The van der Waals surface area contributed by atoms with Crippen LogP contribution in [-0.4, -0.2) is 29.5 Å². The highest BCUT2D eigenvalue weighted by molar-refractivity contribution is 5.56. The van der Waals surface area contributed by atoms with Gasteiger partial charge in [0.2, 0.25) is 0 Å². The van der Waals surface area contributed by atoms with Gasteiger partial charge in [-0.25, -0.2) is 0 Å². The predicted octanol–water partition coefficient (Wildman–Crippen LogP) is -0.450. The topological polar surface area (TPSA) is 67.8 Å². The van der Waals surface area contributed by atoms with Crippen molar-refractivity contribution in [2.24, 2.45) is 0 Å². The van der Waals surface area contributed by atoms with Crippen LogP contribution in [0, 0.1) is 0 Å². The highest BCUT2D eigenvalue weighted by atomic mass is 16.7. The minimum absolute atomic E-state index is 0.416. The largest absolute Gasteiger partial charge is 0.366 e. The zero-order valence-corrected chi connectivity index (χ0v) is 7.11. The molecule has 5 nitrogen and oxygen atoms in total.